The number of benzene rings is 1. The lowest BCUT2D eigenvalue weighted by atomic mass is 10.0. The number of nitriles is 1. The molecule has 0 saturated carbocycles. The van der Waals surface area contributed by atoms with Gasteiger partial charge in [0.2, 0.25) is 0 Å². The van der Waals surface area contributed by atoms with Crippen LogP contribution in [0.2, 0.25) is 0 Å². The molecule has 0 N–H and O–H groups in total. The van der Waals surface area contributed by atoms with Gasteiger partial charge in [-0.1, -0.05) is 18.2 Å². The van der Waals surface area contributed by atoms with Gasteiger partial charge in [0.1, 0.15) is 0 Å². The van der Waals surface area contributed by atoms with Gasteiger partial charge >= 0.3 is 0 Å². The Labute approximate surface area is 103 Å². The Bertz CT molecular complexity index is 408. The van der Waals surface area contributed by atoms with E-state index in [4.69, 9.17) is 5.26 Å². The van der Waals surface area contributed by atoms with Crippen LogP contribution < -0.4 is 0 Å². The summed E-state index contributed by atoms with van der Waals surface area (Å²) in [6, 6.07) is 10.6. The second kappa shape index (κ2) is 5.65. The Morgan fingerprint density at radius 3 is 2.47 bits per heavy atom. The molecule has 0 spiro atoms. The summed E-state index contributed by atoms with van der Waals surface area (Å²) >= 11 is 0. The van der Waals surface area contributed by atoms with E-state index >= 15 is 0 Å². The molecule has 1 heterocycles. The molecule has 1 aromatic carbocycles. The van der Waals surface area contributed by atoms with Crippen LogP contribution in [0.1, 0.15) is 36.4 Å². The zero-order valence-electron chi connectivity index (χ0n) is 10.1. The van der Waals surface area contributed by atoms with E-state index in [1.54, 1.807) is 0 Å². The van der Waals surface area contributed by atoms with E-state index < -0.39 is 0 Å². The lowest BCUT2D eigenvalue weighted by molar-refractivity contribution is 0.247. The van der Waals surface area contributed by atoms with Gasteiger partial charge in [0, 0.05) is 6.04 Å². The molecule has 1 fully saturated rings. The summed E-state index contributed by atoms with van der Waals surface area (Å²) in [7, 11) is 0. The third-order valence-electron chi connectivity index (χ3n) is 3.40. The van der Waals surface area contributed by atoms with Gasteiger partial charge in [-0.2, -0.15) is 5.26 Å². The Morgan fingerprint density at radius 2 is 1.94 bits per heavy atom. The Morgan fingerprint density at radius 1 is 1.29 bits per heavy atom. The van der Waals surface area contributed by atoms with E-state index in [1.807, 2.05) is 18.2 Å². The predicted molar refractivity (Wildman–Crippen MR) is 69.5 cm³/mol. The molecule has 1 aromatic rings. The molecule has 0 radical (unpaired) electrons. The zero-order valence-corrected chi connectivity index (χ0v) is 10.1. The number of hydrogen-bond donors (Lipinski definition) is 0. The summed E-state index contributed by atoms with van der Waals surface area (Å²) in [5.41, 5.74) is 2.03. The fraction of sp³-hybridized carbons (Fsp3) is 0.400. The average molecular weight is 226 g/mol. The first-order chi connectivity index (χ1) is 8.35. The highest BCUT2D eigenvalue weighted by Crippen LogP contribution is 2.28. The summed E-state index contributed by atoms with van der Waals surface area (Å²) in [6.45, 7) is 6.21. The van der Waals surface area contributed by atoms with Crippen LogP contribution in [0.25, 0.3) is 0 Å². The molecule has 0 aliphatic carbocycles. The quantitative estimate of drug-likeness (QED) is 0.737. The minimum atomic E-state index is 0.433. The first kappa shape index (κ1) is 11.9. The van der Waals surface area contributed by atoms with Gasteiger partial charge in [-0.25, -0.2) is 0 Å². The summed E-state index contributed by atoms with van der Waals surface area (Å²) in [6.07, 6.45) is 5.56. The number of rotatable bonds is 4. The molecule has 0 bridgehead atoms. The number of hydrogen-bond acceptors (Lipinski definition) is 2. The number of nitrogens with zero attached hydrogens (tertiary/aromatic N) is 2. The largest absolute Gasteiger partial charge is 0.296 e. The lowest BCUT2D eigenvalue weighted by Gasteiger charge is -2.27. The fourth-order valence-electron chi connectivity index (χ4n) is 2.49. The minimum Gasteiger partial charge on any atom is -0.296 e. The van der Waals surface area contributed by atoms with E-state index in [-0.39, 0.29) is 0 Å². The van der Waals surface area contributed by atoms with E-state index in [1.165, 1.54) is 31.5 Å². The second-order valence-corrected chi connectivity index (χ2v) is 4.52. The topological polar surface area (TPSA) is 27.0 Å². The summed E-state index contributed by atoms with van der Waals surface area (Å²) in [4.78, 5) is 2.52. The molecule has 1 saturated heterocycles. The van der Waals surface area contributed by atoms with Crippen LogP contribution in [-0.4, -0.2) is 18.0 Å². The van der Waals surface area contributed by atoms with Crippen molar-refractivity contribution in [1.29, 1.82) is 5.26 Å². The Balaban J connectivity index is 2.19. The fourth-order valence-corrected chi connectivity index (χ4v) is 2.49. The average Bonchev–Trinajstić information content (AvgIpc) is 2.90. The van der Waals surface area contributed by atoms with Crippen LogP contribution in [0.3, 0.4) is 0 Å². The van der Waals surface area contributed by atoms with Crippen molar-refractivity contribution < 1.29 is 0 Å². The molecule has 2 heteroatoms. The first-order valence-electron chi connectivity index (χ1n) is 6.20. The van der Waals surface area contributed by atoms with Crippen LogP contribution in [0.4, 0.5) is 0 Å². The van der Waals surface area contributed by atoms with Crippen molar-refractivity contribution in [3.63, 3.8) is 0 Å². The smallest absolute Gasteiger partial charge is 0.0991 e. The zero-order chi connectivity index (χ0) is 12.1. The molecular weight excluding hydrogens is 208 g/mol. The maximum absolute atomic E-state index is 8.81. The Hall–Kier alpha value is -1.59. The van der Waals surface area contributed by atoms with Crippen molar-refractivity contribution in [1.82, 2.24) is 4.90 Å². The third-order valence-corrected chi connectivity index (χ3v) is 3.40. The first-order valence-corrected chi connectivity index (χ1v) is 6.20. The second-order valence-electron chi connectivity index (χ2n) is 4.52. The molecule has 0 amide bonds. The highest BCUT2D eigenvalue weighted by Gasteiger charge is 2.22. The van der Waals surface area contributed by atoms with Crippen molar-refractivity contribution in [3.8, 4) is 6.07 Å². The molecule has 88 valence electrons. The monoisotopic (exact) mass is 226 g/mol. The Kier molecular flexibility index (Phi) is 3.95. The van der Waals surface area contributed by atoms with Crippen LogP contribution in [0, 0.1) is 11.3 Å². The highest BCUT2D eigenvalue weighted by molar-refractivity contribution is 5.33. The van der Waals surface area contributed by atoms with Crippen molar-refractivity contribution >= 4 is 0 Å². The van der Waals surface area contributed by atoms with Gasteiger partial charge < -0.3 is 0 Å². The van der Waals surface area contributed by atoms with Crippen molar-refractivity contribution in [2.45, 2.75) is 25.3 Å². The van der Waals surface area contributed by atoms with Crippen LogP contribution in [-0.2, 0) is 0 Å². The van der Waals surface area contributed by atoms with Gasteiger partial charge in [0.25, 0.3) is 0 Å². The summed E-state index contributed by atoms with van der Waals surface area (Å²) < 4.78 is 0. The number of likely N-dealkylation sites (tertiary alicyclic amines) is 1. The van der Waals surface area contributed by atoms with Gasteiger partial charge in [-0.05, 0) is 50.0 Å². The minimum absolute atomic E-state index is 0.433. The van der Waals surface area contributed by atoms with E-state index in [0.29, 0.717) is 6.04 Å². The lowest BCUT2D eigenvalue weighted by Crippen LogP contribution is -2.25. The van der Waals surface area contributed by atoms with Crippen molar-refractivity contribution in [2.24, 2.45) is 0 Å². The van der Waals surface area contributed by atoms with E-state index in [0.717, 1.165) is 12.0 Å². The molecule has 1 aliphatic rings. The van der Waals surface area contributed by atoms with E-state index in [9.17, 15) is 0 Å². The standard InChI is InChI=1S/C15H18N2/c1-2-5-15(17-10-3-4-11-17)14-8-6-13(12-16)7-9-14/h2,6-9,15H,1,3-5,10-11H2. The van der Waals surface area contributed by atoms with Gasteiger partial charge in [0.05, 0.1) is 11.6 Å². The predicted octanol–water partition coefficient (Wildman–Crippen LogP) is 3.27. The van der Waals surface area contributed by atoms with Gasteiger partial charge in [0.15, 0.2) is 0 Å². The normalized spacial score (nSPS) is 17.6. The van der Waals surface area contributed by atoms with Crippen LogP contribution in [0.5, 0.6) is 0 Å². The van der Waals surface area contributed by atoms with Crippen LogP contribution in [0.15, 0.2) is 36.9 Å². The van der Waals surface area contributed by atoms with E-state index in [2.05, 4.69) is 29.7 Å². The summed E-state index contributed by atoms with van der Waals surface area (Å²) in [5, 5.41) is 8.81. The van der Waals surface area contributed by atoms with Gasteiger partial charge in [-0.15, -0.1) is 6.58 Å². The molecule has 2 nitrogen and oxygen atoms in total. The maximum Gasteiger partial charge on any atom is 0.0991 e. The molecule has 1 aliphatic heterocycles. The highest BCUT2D eigenvalue weighted by atomic mass is 15.2. The molecule has 1 atom stereocenters. The maximum atomic E-state index is 8.81. The van der Waals surface area contributed by atoms with Gasteiger partial charge in [-0.3, -0.25) is 4.90 Å². The summed E-state index contributed by atoms with van der Waals surface area (Å²) in [5.74, 6) is 0. The molecule has 1 unspecified atom stereocenters. The molecule has 0 aromatic heterocycles. The SMILES string of the molecule is C=CCC(c1ccc(C#N)cc1)N1CCCC1. The van der Waals surface area contributed by atoms with Crippen LogP contribution >= 0.6 is 0 Å². The third kappa shape index (κ3) is 2.75. The molecular formula is C15H18N2. The van der Waals surface area contributed by atoms with Crippen molar-refractivity contribution in [3.05, 3.63) is 48.0 Å². The van der Waals surface area contributed by atoms with Crippen molar-refractivity contribution in [2.75, 3.05) is 13.1 Å². The molecule has 17 heavy (non-hydrogen) atoms. The molecule has 2 rings (SSSR count).